The van der Waals surface area contributed by atoms with E-state index in [0.717, 1.165) is 35.2 Å². The number of aromatic nitrogens is 2. The number of amides is 1. The molecule has 0 aromatic carbocycles. The average molecular weight is 365 g/mol. The predicted octanol–water partition coefficient (Wildman–Crippen LogP) is 3.45. The molecule has 1 aliphatic heterocycles. The molecule has 0 N–H and O–H groups in total. The first-order valence-corrected chi connectivity index (χ1v) is 9.48. The molecular weight excluding hydrogens is 346 g/mol. The van der Waals surface area contributed by atoms with Crippen molar-refractivity contribution in [3.63, 3.8) is 0 Å². The number of ether oxygens (including phenoxy) is 1. The van der Waals surface area contributed by atoms with E-state index in [0.29, 0.717) is 19.8 Å². The van der Waals surface area contributed by atoms with Gasteiger partial charge in [-0.05, 0) is 52.3 Å². The molecule has 4 heterocycles. The highest BCUT2D eigenvalue weighted by atomic mass is 32.1. The zero-order valence-electron chi connectivity index (χ0n) is 14.3. The average Bonchev–Trinajstić information content (AvgIpc) is 3.23. The lowest BCUT2D eigenvalue weighted by Gasteiger charge is -2.29. The van der Waals surface area contributed by atoms with Crippen molar-refractivity contribution in [1.29, 1.82) is 0 Å². The summed E-state index contributed by atoms with van der Waals surface area (Å²) in [6.45, 7) is 2.41. The lowest BCUT2D eigenvalue weighted by Crippen LogP contribution is -2.36. The molecule has 0 saturated carbocycles. The molecule has 0 aliphatic carbocycles. The molecule has 0 bridgehead atoms. The minimum Gasteiger partial charge on any atom is -0.372 e. The molecule has 0 fully saturated rings. The molecule has 132 valence electrons. The number of rotatable bonds is 5. The Kier molecular flexibility index (Phi) is 5.04. The number of hydrogen-bond acceptors (Lipinski definition) is 5. The highest BCUT2D eigenvalue weighted by molar-refractivity contribution is 7.08. The second-order valence-electron chi connectivity index (χ2n) is 6.27. The number of carbonyl (C=O) groups is 1. The molecule has 0 spiro atoms. The minimum absolute atomic E-state index is 0.0937. The van der Waals surface area contributed by atoms with Crippen molar-refractivity contribution in [2.24, 2.45) is 0 Å². The molecule has 0 saturated heterocycles. The van der Waals surface area contributed by atoms with Gasteiger partial charge in [-0.2, -0.15) is 11.3 Å². The molecule has 0 atom stereocenters. The zero-order valence-corrected chi connectivity index (χ0v) is 15.1. The maximum absolute atomic E-state index is 12.6. The first-order valence-electron chi connectivity index (χ1n) is 8.54. The van der Waals surface area contributed by atoms with E-state index in [1.165, 1.54) is 5.56 Å². The van der Waals surface area contributed by atoms with E-state index >= 15 is 0 Å². The van der Waals surface area contributed by atoms with Crippen LogP contribution in [0, 0.1) is 0 Å². The largest absolute Gasteiger partial charge is 0.372 e. The summed E-state index contributed by atoms with van der Waals surface area (Å²) in [6.07, 6.45) is 8.12. The third kappa shape index (κ3) is 3.66. The van der Waals surface area contributed by atoms with E-state index in [4.69, 9.17) is 4.74 Å². The summed E-state index contributed by atoms with van der Waals surface area (Å²) in [6, 6.07) is 5.78. The first-order chi connectivity index (χ1) is 12.8. The van der Waals surface area contributed by atoms with Crippen LogP contribution < -0.4 is 0 Å². The Hall–Kier alpha value is -2.57. The van der Waals surface area contributed by atoms with Crippen molar-refractivity contribution in [2.45, 2.75) is 26.2 Å². The van der Waals surface area contributed by atoms with Gasteiger partial charge in [0, 0.05) is 43.3 Å². The number of pyridine rings is 2. The first kappa shape index (κ1) is 16.9. The molecule has 1 aliphatic rings. The highest BCUT2D eigenvalue weighted by Crippen LogP contribution is 2.24. The lowest BCUT2D eigenvalue weighted by molar-refractivity contribution is 0.0732. The van der Waals surface area contributed by atoms with Crippen LogP contribution in [0.15, 0.2) is 53.7 Å². The Bertz CT molecular complexity index is 881. The summed E-state index contributed by atoms with van der Waals surface area (Å²) in [4.78, 5) is 22.8. The van der Waals surface area contributed by atoms with E-state index in [2.05, 4.69) is 9.97 Å². The van der Waals surface area contributed by atoms with Crippen LogP contribution in [0.5, 0.6) is 0 Å². The third-order valence-corrected chi connectivity index (χ3v) is 5.24. The quantitative estimate of drug-likeness (QED) is 0.695. The van der Waals surface area contributed by atoms with Crippen molar-refractivity contribution in [3.05, 3.63) is 81.6 Å². The van der Waals surface area contributed by atoms with E-state index in [1.54, 1.807) is 23.7 Å². The predicted molar refractivity (Wildman–Crippen MR) is 99.7 cm³/mol. The summed E-state index contributed by atoms with van der Waals surface area (Å²) in [5, 5.41) is 3.84. The van der Waals surface area contributed by atoms with Gasteiger partial charge < -0.3 is 9.64 Å². The normalized spacial score (nSPS) is 13.5. The fourth-order valence-corrected chi connectivity index (χ4v) is 3.82. The number of fused-ring (bicyclic) bond motifs is 1. The van der Waals surface area contributed by atoms with Gasteiger partial charge in [0.15, 0.2) is 0 Å². The standard InChI is InChI=1S/C20H19N3O2S/c24-20(16-4-8-26-14-16)23-7-3-19-17(11-23)9-22-10-18(19)13-25-12-15-1-5-21-6-2-15/h1-2,4-6,8-10,14H,3,7,11-13H2. The van der Waals surface area contributed by atoms with Gasteiger partial charge in [-0.1, -0.05) is 0 Å². The Morgan fingerprint density at radius 2 is 2.04 bits per heavy atom. The van der Waals surface area contributed by atoms with Crippen molar-refractivity contribution in [1.82, 2.24) is 14.9 Å². The maximum Gasteiger partial charge on any atom is 0.255 e. The summed E-state index contributed by atoms with van der Waals surface area (Å²) < 4.78 is 5.86. The van der Waals surface area contributed by atoms with E-state index < -0.39 is 0 Å². The Balaban J connectivity index is 1.42. The van der Waals surface area contributed by atoms with Crippen molar-refractivity contribution in [3.8, 4) is 0 Å². The molecule has 1 amide bonds. The molecule has 6 heteroatoms. The fourth-order valence-electron chi connectivity index (χ4n) is 3.19. The van der Waals surface area contributed by atoms with Crippen molar-refractivity contribution < 1.29 is 9.53 Å². The molecular formula is C20H19N3O2S. The topological polar surface area (TPSA) is 55.3 Å². The van der Waals surface area contributed by atoms with Crippen LogP contribution in [0.1, 0.15) is 32.6 Å². The zero-order chi connectivity index (χ0) is 17.8. The van der Waals surface area contributed by atoms with E-state index in [9.17, 15) is 4.79 Å². The summed E-state index contributed by atoms with van der Waals surface area (Å²) >= 11 is 1.55. The molecule has 0 unspecified atom stereocenters. The van der Waals surface area contributed by atoms with Gasteiger partial charge in [0.1, 0.15) is 0 Å². The monoisotopic (exact) mass is 365 g/mol. The number of carbonyl (C=O) groups excluding carboxylic acids is 1. The number of thiophene rings is 1. The summed E-state index contributed by atoms with van der Waals surface area (Å²) in [7, 11) is 0. The van der Waals surface area contributed by atoms with Gasteiger partial charge in [0.25, 0.3) is 5.91 Å². The van der Waals surface area contributed by atoms with Gasteiger partial charge in [-0.15, -0.1) is 0 Å². The van der Waals surface area contributed by atoms with E-state index in [-0.39, 0.29) is 5.91 Å². The smallest absolute Gasteiger partial charge is 0.255 e. The number of hydrogen-bond donors (Lipinski definition) is 0. The Morgan fingerprint density at radius 3 is 2.85 bits per heavy atom. The molecule has 4 rings (SSSR count). The van der Waals surface area contributed by atoms with Crippen LogP contribution in [0.3, 0.4) is 0 Å². The van der Waals surface area contributed by atoms with Gasteiger partial charge in [-0.25, -0.2) is 0 Å². The molecule has 5 nitrogen and oxygen atoms in total. The summed E-state index contributed by atoms with van der Waals surface area (Å²) in [5.41, 5.74) is 5.36. The van der Waals surface area contributed by atoms with Crippen LogP contribution >= 0.6 is 11.3 Å². The van der Waals surface area contributed by atoms with E-state index in [1.807, 2.05) is 46.3 Å². The maximum atomic E-state index is 12.6. The summed E-state index contributed by atoms with van der Waals surface area (Å²) in [5.74, 6) is 0.0937. The van der Waals surface area contributed by atoms with Crippen LogP contribution in [0.2, 0.25) is 0 Å². The number of nitrogens with zero attached hydrogens (tertiary/aromatic N) is 3. The molecule has 26 heavy (non-hydrogen) atoms. The van der Waals surface area contributed by atoms with Gasteiger partial charge in [-0.3, -0.25) is 14.8 Å². The SMILES string of the molecule is O=C(c1ccsc1)N1CCc2c(COCc3ccncc3)cncc2C1. The van der Waals surface area contributed by atoms with Crippen molar-refractivity contribution in [2.75, 3.05) is 6.54 Å². The van der Waals surface area contributed by atoms with Crippen LogP contribution in [-0.2, 0) is 30.9 Å². The van der Waals surface area contributed by atoms with Crippen LogP contribution in [0.25, 0.3) is 0 Å². The van der Waals surface area contributed by atoms with Gasteiger partial charge in [0.2, 0.25) is 0 Å². The van der Waals surface area contributed by atoms with Gasteiger partial charge >= 0.3 is 0 Å². The molecule has 0 radical (unpaired) electrons. The Labute approximate surface area is 156 Å². The highest BCUT2D eigenvalue weighted by Gasteiger charge is 2.23. The minimum atomic E-state index is 0.0937. The second-order valence-corrected chi connectivity index (χ2v) is 7.05. The Morgan fingerprint density at radius 1 is 1.15 bits per heavy atom. The third-order valence-electron chi connectivity index (χ3n) is 4.56. The van der Waals surface area contributed by atoms with Crippen LogP contribution in [-0.4, -0.2) is 27.3 Å². The van der Waals surface area contributed by atoms with Crippen LogP contribution in [0.4, 0.5) is 0 Å². The second kappa shape index (κ2) is 7.76. The lowest BCUT2D eigenvalue weighted by atomic mass is 9.97. The molecule has 3 aromatic rings. The fraction of sp³-hybridized carbons (Fsp3) is 0.250. The van der Waals surface area contributed by atoms with Gasteiger partial charge in [0.05, 0.1) is 18.8 Å². The van der Waals surface area contributed by atoms with Crippen molar-refractivity contribution >= 4 is 17.2 Å². The molecule has 3 aromatic heterocycles.